The lowest BCUT2D eigenvalue weighted by Crippen LogP contribution is -2.17. The number of hydrogen-bond acceptors (Lipinski definition) is 7. The van der Waals surface area contributed by atoms with E-state index in [-0.39, 0.29) is 12.7 Å². The Labute approximate surface area is 209 Å². The molecule has 2 N–H and O–H groups in total. The van der Waals surface area contributed by atoms with Crippen molar-refractivity contribution < 1.29 is 14.3 Å². The molecule has 0 aliphatic carbocycles. The number of benzene rings is 3. The van der Waals surface area contributed by atoms with E-state index in [2.05, 4.69) is 20.8 Å². The Bertz CT molecular complexity index is 1370. The number of carbonyl (C=O) groups is 1. The largest absolute Gasteiger partial charge is 0.454 e. The first kappa shape index (κ1) is 22.2. The lowest BCUT2D eigenvalue weighted by atomic mass is 10.1. The molecule has 170 valence electrons. The molecule has 1 aliphatic rings. The molecular formula is C24H16Cl2N4O3S. The van der Waals surface area contributed by atoms with Crippen LogP contribution in [0.4, 0.5) is 10.8 Å². The number of rotatable bonds is 6. The number of halogens is 2. The van der Waals surface area contributed by atoms with Crippen LogP contribution < -0.4 is 20.2 Å². The van der Waals surface area contributed by atoms with Crippen LogP contribution in [0.25, 0.3) is 11.3 Å². The first-order valence-electron chi connectivity index (χ1n) is 10.1. The fourth-order valence-corrected chi connectivity index (χ4v) is 4.24. The highest BCUT2D eigenvalue weighted by atomic mass is 35.5. The number of fused-ring (bicyclic) bond motifs is 1. The fraction of sp³-hybridized carbons (Fsp3) is 0.0417. The maximum absolute atomic E-state index is 12.5. The maximum Gasteiger partial charge on any atom is 0.271 e. The molecule has 4 aromatic rings. The van der Waals surface area contributed by atoms with Crippen molar-refractivity contribution in [2.24, 2.45) is 5.10 Å². The molecule has 0 saturated heterocycles. The Morgan fingerprint density at radius 2 is 1.76 bits per heavy atom. The number of nitrogens with one attached hydrogen (secondary N) is 2. The van der Waals surface area contributed by atoms with Gasteiger partial charge < -0.3 is 14.8 Å². The fourth-order valence-electron chi connectivity index (χ4n) is 3.17. The Kier molecular flexibility index (Phi) is 6.35. The summed E-state index contributed by atoms with van der Waals surface area (Å²) < 4.78 is 10.6. The molecule has 5 rings (SSSR count). The molecule has 0 fully saturated rings. The summed E-state index contributed by atoms with van der Waals surface area (Å²) in [7, 11) is 0. The highest BCUT2D eigenvalue weighted by Crippen LogP contribution is 2.36. The summed E-state index contributed by atoms with van der Waals surface area (Å²) in [5.41, 5.74) is 6.18. The van der Waals surface area contributed by atoms with Gasteiger partial charge in [0.25, 0.3) is 5.91 Å². The third-order valence-corrected chi connectivity index (χ3v) is 6.24. The highest BCUT2D eigenvalue weighted by Gasteiger charge is 2.16. The van der Waals surface area contributed by atoms with Crippen molar-refractivity contribution in [1.82, 2.24) is 10.4 Å². The van der Waals surface area contributed by atoms with Gasteiger partial charge in [-0.15, -0.1) is 11.3 Å². The van der Waals surface area contributed by atoms with E-state index >= 15 is 0 Å². The van der Waals surface area contributed by atoms with Crippen LogP contribution in [-0.2, 0) is 0 Å². The van der Waals surface area contributed by atoms with Gasteiger partial charge in [-0.3, -0.25) is 4.79 Å². The second kappa shape index (κ2) is 9.72. The zero-order valence-corrected chi connectivity index (χ0v) is 19.7. The van der Waals surface area contributed by atoms with Crippen LogP contribution in [0, 0.1) is 0 Å². The van der Waals surface area contributed by atoms with E-state index in [9.17, 15) is 4.79 Å². The normalized spacial score (nSPS) is 12.2. The van der Waals surface area contributed by atoms with E-state index < -0.39 is 0 Å². The number of thiazole rings is 1. The Balaban J connectivity index is 1.21. The summed E-state index contributed by atoms with van der Waals surface area (Å²) in [6.45, 7) is 0.153. The van der Waals surface area contributed by atoms with Gasteiger partial charge in [0.15, 0.2) is 16.6 Å². The summed E-state index contributed by atoms with van der Waals surface area (Å²) >= 11 is 13.6. The van der Waals surface area contributed by atoms with Gasteiger partial charge in [0.1, 0.15) is 0 Å². The number of ether oxygens (including phenoxy) is 2. The molecule has 1 aliphatic heterocycles. The maximum atomic E-state index is 12.5. The number of anilines is 2. The van der Waals surface area contributed by atoms with Gasteiger partial charge in [-0.1, -0.05) is 35.3 Å². The molecule has 0 atom stereocenters. The van der Waals surface area contributed by atoms with Crippen LogP contribution in [0.15, 0.2) is 71.1 Å². The smallest absolute Gasteiger partial charge is 0.271 e. The van der Waals surface area contributed by atoms with Crippen molar-refractivity contribution in [1.29, 1.82) is 0 Å². The number of hydrogen-bond donors (Lipinski definition) is 2. The summed E-state index contributed by atoms with van der Waals surface area (Å²) in [6.07, 6.45) is 1.46. The Morgan fingerprint density at radius 3 is 2.53 bits per heavy atom. The van der Waals surface area contributed by atoms with Gasteiger partial charge in [0.2, 0.25) is 6.79 Å². The predicted molar refractivity (Wildman–Crippen MR) is 135 cm³/mol. The van der Waals surface area contributed by atoms with Gasteiger partial charge in [-0.2, -0.15) is 5.10 Å². The minimum Gasteiger partial charge on any atom is -0.454 e. The lowest BCUT2D eigenvalue weighted by molar-refractivity contribution is 0.0955. The predicted octanol–water partition coefficient (Wildman–Crippen LogP) is 6.35. The summed E-state index contributed by atoms with van der Waals surface area (Å²) in [4.78, 5) is 17.1. The molecule has 0 saturated carbocycles. The second-order valence-corrected chi connectivity index (χ2v) is 8.87. The van der Waals surface area contributed by atoms with Gasteiger partial charge >= 0.3 is 0 Å². The molecule has 1 amide bonds. The quantitative estimate of drug-likeness (QED) is 0.233. The number of aromatic nitrogens is 1. The van der Waals surface area contributed by atoms with Crippen molar-refractivity contribution in [3.8, 4) is 22.8 Å². The molecule has 10 heteroatoms. The number of carbonyl (C=O) groups excluding carboxylic acids is 1. The van der Waals surface area contributed by atoms with Crippen LogP contribution >= 0.6 is 34.5 Å². The average Bonchev–Trinajstić information content (AvgIpc) is 3.50. The van der Waals surface area contributed by atoms with Gasteiger partial charge in [-0.05, 0) is 42.5 Å². The molecule has 0 bridgehead atoms. The first-order chi connectivity index (χ1) is 16.5. The average molecular weight is 511 g/mol. The summed E-state index contributed by atoms with van der Waals surface area (Å²) in [5, 5.41) is 11.1. The van der Waals surface area contributed by atoms with Gasteiger partial charge in [0.05, 0.1) is 16.9 Å². The summed E-state index contributed by atoms with van der Waals surface area (Å²) in [6, 6.07) is 17.9. The van der Waals surface area contributed by atoms with Gasteiger partial charge in [0, 0.05) is 38.8 Å². The Hall–Kier alpha value is -3.59. The van der Waals surface area contributed by atoms with E-state index in [4.69, 9.17) is 32.7 Å². The molecule has 0 spiro atoms. The van der Waals surface area contributed by atoms with E-state index in [1.54, 1.807) is 24.3 Å². The van der Waals surface area contributed by atoms with Crippen LogP contribution in [0.2, 0.25) is 10.0 Å². The molecule has 3 aromatic carbocycles. The second-order valence-electron chi connectivity index (χ2n) is 7.17. The molecule has 7 nitrogen and oxygen atoms in total. The molecule has 0 radical (unpaired) electrons. The zero-order chi connectivity index (χ0) is 23.5. The highest BCUT2D eigenvalue weighted by molar-refractivity contribution is 7.14. The molecule has 34 heavy (non-hydrogen) atoms. The SMILES string of the molecule is O=C(N/N=C\c1cc2c(cc1Cl)OCO2)c1ccc(-c2csc(Nc3ccc(Cl)cc3)n2)cc1. The monoisotopic (exact) mass is 510 g/mol. The van der Waals surface area contributed by atoms with Crippen molar-refractivity contribution in [3.05, 3.63) is 87.2 Å². The van der Waals surface area contributed by atoms with Crippen molar-refractivity contribution in [2.75, 3.05) is 12.1 Å². The van der Waals surface area contributed by atoms with Crippen molar-refractivity contribution in [3.63, 3.8) is 0 Å². The zero-order valence-electron chi connectivity index (χ0n) is 17.4. The van der Waals surface area contributed by atoms with Crippen LogP contribution in [0.1, 0.15) is 15.9 Å². The van der Waals surface area contributed by atoms with E-state index in [0.29, 0.717) is 32.7 Å². The molecule has 0 unspecified atom stereocenters. The van der Waals surface area contributed by atoms with Crippen molar-refractivity contribution >= 4 is 57.5 Å². The number of amides is 1. The van der Waals surface area contributed by atoms with E-state index in [0.717, 1.165) is 22.1 Å². The van der Waals surface area contributed by atoms with Crippen LogP contribution in [0.5, 0.6) is 11.5 Å². The summed E-state index contributed by atoms with van der Waals surface area (Å²) in [5.74, 6) is 0.823. The molecule has 2 heterocycles. The third-order valence-electron chi connectivity index (χ3n) is 4.90. The minimum absolute atomic E-state index is 0.153. The topological polar surface area (TPSA) is 84.8 Å². The van der Waals surface area contributed by atoms with Crippen LogP contribution in [-0.4, -0.2) is 23.9 Å². The standard InChI is InChI=1S/C24H16Cl2N4O3S/c25-17-5-7-18(8-6-17)28-24-29-20(12-34-24)14-1-3-15(4-2-14)23(31)30-27-11-16-9-21-22(10-19(16)26)33-13-32-21/h1-12H,13H2,(H,28,29)(H,30,31)/b27-11-. The number of hydrazone groups is 1. The Morgan fingerprint density at radius 1 is 1.03 bits per heavy atom. The lowest BCUT2D eigenvalue weighted by Gasteiger charge is -2.03. The third kappa shape index (κ3) is 4.99. The molecular weight excluding hydrogens is 495 g/mol. The minimum atomic E-state index is -0.344. The van der Waals surface area contributed by atoms with Crippen LogP contribution in [0.3, 0.4) is 0 Å². The van der Waals surface area contributed by atoms with Crippen molar-refractivity contribution in [2.45, 2.75) is 0 Å². The van der Waals surface area contributed by atoms with E-state index in [1.165, 1.54) is 17.6 Å². The number of nitrogens with zero attached hydrogens (tertiary/aromatic N) is 2. The van der Waals surface area contributed by atoms with Gasteiger partial charge in [-0.25, -0.2) is 10.4 Å². The van der Waals surface area contributed by atoms with E-state index in [1.807, 2.05) is 41.8 Å². The molecule has 1 aromatic heterocycles. The first-order valence-corrected chi connectivity index (χ1v) is 11.7.